The molecule has 0 aromatic heterocycles. The van der Waals surface area contributed by atoms with Gasteiger partial charge in [-0.3, -0.25) is 4.79 Å². The van der Waals surface area contributed by atoms with E-state index in [1.807, 2.05) is 143 Å². The minimum absolute atomic E-state index is 0.0300. The maximum Gasteiger partial charge on any atom is 0.170 e. The van der Waals surface area contributed by atoms with Crippen molar-refractivity contribution in [1.29, 1.82) is 0 Å². The van der Waals surface area contributed by atoms with Crippen molar-refractivity contribution in [2.45, 2.75) is 100 Å². The van der Waals surface area contributed by atoms with Crippen LogP contribution < -0.4 is 4.74 Å². The maximum absolute atomic E-state index is 11.9. The topological polar surface area (TPSA) is 26.3 Å². The lowest BCUT2D eigenvalue weighted by molar-refractivity contribution is 0.0945. The number of carbonyl (C=O) groups excluding carboxylic acids is 1. The number of allylic oxidation sites excluding steroid dienone is 4. The summed E-state index contributed by atoms with van der Waals surface area (Å²) in [4.78, 5) is 11.9. The Morgan fingerprint density at radius 2 is 1.00 bits per heavy atom. The third-order valence-corrected chi connectivity index (χ3v) is 5.51. The zero-order valence-corrected chi connectivity index (χ0v) is 27.3. The molecule has 226 valence electrons. The summed E-state index contributed by atoms with van der Waals surface area (Å²) in [5.74, 6) is 1.98. The van der Waals surface area contributed by atoms with Crippen molar-refractivity contribution in [3.63, 3.8) is 0 Å². The van der Waals surface area contributed by atoms with Gasteiger partial charge in [-0.2, -0.15) is 0 Å². The zero-order valence-electron chi connectivity index (χ0n) is 27.3. The number of rotatable bonds is 8. The summed E-state index contributed by atoms with van der Waals surface area (Å²) >= 11 is 0. The quantitative estimate of drug-likeness (QED) is 0.257. The molecule has 0 saturated carbocycles. The van der Waals surface area contributed by atoms with Crippen LogP contribution in [0, 0.1) is 5.92 Å². The number of unbranched alkanes of at least 4 members (excludes halogenated alkanes) is 4. The number of carbonyl (C=O) groups is 1. The van der Waals surface area contributed by atoms with Crippen molar-refractivity contribution in [2.75, 3.05) is 0 Å². The normalized spacial score (nSPS) is 12.0. The molecule has 1 atom stereocenters. The summed E-state index contributed by atoms with van der Waals surface area (Å²) in [6.07, 6.45) is 16.9. The first-order chi connectivity index (χ1) is 20.2. The van der Waals surface area contributed by atoms with Gasteiger partial charge in [0, 0.05) is 11.5 Å². The summed E-state index contributed by atoms with van der Waals surface area (Å²) in [7, 11) is 0. The van der Waals surface area contributed by atoms with Crippen LogP contribution in [0.3, 0.4) is 0 Å². The van der Waals surface area contributed by atoms with Crippen LogP contribution in [0.2, 0.25) is 0 Å². The van der Waals surface area contributed by atoms with Crippen LogP contribution in [0.15, 0.2) is 115 Å². The van der Waals surface area contributed by atoms with E-state index < -0.39 is 0 Å². The molecule has 1 unspecified atom stereocenters. The Bertz CT molecular complexity index is 928. The van der Waals surface area contributed by atoms with Gasteiger partial charge in [0.25, 0.3) is 0 Å². The average Bonchev–Trinajstić information content (AvgIpc) is 3.06. The van der Waals surface area contributed by atoms with E-state index in [0.717, 1.165) is 23.5 Å². The number of ether oxygens (including phenoxy) is 1. The van der Waals surface area contributed by atoms with Crippen LogP contribution in [0.5, 0.6) is 11.5 Å². The van der Waals surface area contributed by atoms with E-state index >= 15 is 0 Å². The highest BCUT2D eigenvalue weighted by Crippen LogP contribution is 2.19. The van der Waals surface area contributed by atoms with E-state index in [2.05, 4.69) is 27.7 Å². The maximum atomic E-state index is 11.9. The monoisotopic (exact) mass is 558 g/mol. The van der Waals surface area contributed by atoms with E-state index in [-0.39, 0.29) is 11.7 Å². The smallest absolute Gasteiger partial charge is 0.170 e. The number of benzene rings is 3. The standard InChI is InChI=1S/C13H12O.C12H10O.2C5H12.2C2H6/c14-13(11-7-3-1-4-8-11)12-9-5-2-6-10-12;1-3-7-11(8-4-1)13-12-9-5-2-6-10-12;2*1-3-5-4-2;2*1-2/h1-9,12H,10H2;1-10H;2*3-5H2,1-2H3;2*1-2H3. The number of Topliss-reactive ketones (excluding diaryl/α,β-unsaturated/α-hetero) is 1. The van der Waals surface area contributed by atoms with Gasteiger partial charge < -0.3 is 4.74 Å². The van der Waals surface area contributed by atoms with Crippen LogP contribution in [0.1, 0.15) is 111 Å². The van der Waals surface area contributed by atoms with E-state index in [4.69, 9.17) is 4.74 Å². The second-order valence-electron chi connectivity index (χ2n) is 8.82. The fourth-order valence-electron chi connectivity index (χ4n) is 3.41. The third-order valence-electron chi connectivity index (χ3n) is 5.51. The van der Waals surface area contributed by atoms with Gasteiger partial charge in [0.2, 0.25) is 0 Å². The second kappa shape index (κ2) is 31.1. The first-order valence-corrected chi connectivity index (χ1v) is 15.9. The molecule has 2 nitrogen and oxygen atoms in total. The average molecular weight is 559 g/mol. The van der Waals surface area contributed by atoms with Gasteiger partial charge in [0.1, 0.15) is 11.5 Å². The molecule has 0 bridgehead atoms. The lowest BCUT2D eigenvalue weighted by atomic mass is 9.92. The lowest BCUT2D eigenvalue weighted by Gasteiger charge is -2.11. The Morgan fingerprint density at radius 1 is 0.610 bits per heavy atom. The second-order valence-corrected chi connectivity index (χ2v) is 8.82. The van der Waals surface area contributed by atoms with Gasteiger partial charge in [-0.05, 0) is 30.7 Å². The predicted octanol–water partition coefficient (Wildman–Crippen LogP) is 12.9. The molecule has 0 saturated heterocycles. The van der Waals surface area contributed by atoms with Crippen LogP contribution in [0.25, 0.3) is 0 Å². The number of ketones is 1. The zero-order chi connectivity index (χ0) is 31.0. The first-order valence-electron chi connectivity index (χ1n) is 15.9. The summed E-state index contributed by atoms with van der Waals surface area (Å²) in [5.41, 5.74) is 0.803. The van der Waals surface area contributed by atoms with E-state index in [0.29, 0.717) is 0 Å². The molecule has 0 aliphatic heterocycles. The highest BCUT2D eigenvalue weighted by atomic mass is 16.5. The van der Waals surface area contributed by atoms with Crippen LogP contribution >= 0.6 is 0 Å². The molecule has 0 amide bonds. The Labute approximate surface area is 253 Å². The summed E-state index contributed by atoms with van der Waals surface area (Å²) in [6, 6.07) is 29.0. The van der Waals surface area contributed by atoms with Gasteiger partial charge >= 0.3 is 0 Å². The van der Waals surface area contributed by atoms with Gasteiger partial charge in [-0.15, -0.1) is 0 Å². The van der Waals surface area contributed by atoms with Crippen molar-refractivity contribution in [3.05, 3.63) is 121 Å². The summed E-state index contributed by atoms with van der Waals surface area (Å²) < 4.78 is 5.58. The molecule has 0 spiro atoms. The number of hydrogen-bond donors (Lipinski definition) is 0. The first kappa shape index (κ1) is 39.8. The molecule has 1 aliphatic rings. The minimum Gasteiger partial charge on any atom is -0.457 e. The fourth-order valence-corrected chi connectivity index (χ4v) is 3.41. The summed E-state index contributed by atoms with van der Waals surface area (Å²) in [5, 5.41) is 0. The molecular formula is C39H58O2. The van der Waals surface area contributed by atoms with Crippen molar-refractivity contribution < 1.29 is 9.53 Å². The van der Waals surface area contributed by atoms with Crippen LogP contribution in [-0.2, 0) is 0 Å². The SMILES string of the molecule is CC.CC.CCCCC.CCCCC.O=C(c1ccccc1)C1C=CC=CC1.c1ccc(Oc2ccccc2)cc1. The highest BCUT2D eigenvalue weighted by Gasteiger charge is 2.16. The van der Waals surface area contributed by atoms with Gasteiger partial charge in [0.15, 0.2) is 5.78 Å². The Balaban J connectivity index is 0. The molecule has 4 rings (SSSR count). The van der Waals surface area contributed by atoms with E-state index in [1.165, 1.54) is 38.5 Å². The molecule has 1 aliphatic carbocycles. The lowest BCUT2D eigenvalue weighted by Crippen LogP contribution is -2.12. The Kier molecular flexibility index (Phi) is 30.2. The molecule has 0 fully saturated rings. The fraction of sp³-hybridized carbons (Fsp3) is 0.410. The number of hydrogen-bond acceptors (Lipinski definition) is 2. The molecule has 0 heterocycles. The molecule has 41 heavy (non-hydrogen) atoms. The molecule has 0 radical (unpaired) electrons. The summed E-state index contributed by atoms with van der Waals surface area (Å²) in [6.45, 7) is 16.8. The van der Waals surface area contributed by atoms with Crippen molar-refractivity contribution in [3.8, 4) is 11.5 Å². The van der Waals surface area contributed by atoms with Crippen LogP contribution in [-0.4, -0.2) is 5.78 Å². The highest BCUT2D eigenvalue weighted by molar-refractivity contribution is 5.99. The Hall–Kier alpha value is -3.39. The van der Waals surface area contributed by atoms with Crippen LogP contribution in [0.4, 0.5) is 0 Å². The molecule has 3 aromatic carbocycles. The molecule has 2 heteroatoms. The van der Waals surface area contributed by atoms with Crippen molar-refractivity contribution >= 4 is 5.78 Å². The molecular weight excluding hydrogens is 500 g/mol. The van der Waals surface area contributed by atoms with Gasteiger partial charge in [-0.1, -0.05) is 185 Å². The van der Waals surface area contributed by atoms with Crippen molar-refractivity contribution in [2.24, 2.45) is 5.92 Å². The Morgan fingerprint density at radius 3 is 1.32 bits per heavy atom. The number of para-hydroxylation sites is 2. The minimum atomic E-state index is 0.0300. The van der Waals surface area contributed by atoms with Crippen molar-refractivity contribution in [1.82, 2.24) is 0 Å². The molecule has 3 aromatic rings. The van der Waals surface area contributed by atoms with Gasteiger partial charge in [0.05, 0.1) is 0 Å². The largest absolute Gasteiger partial charge is 0.457 e. The molecule has 0 N–H and O–H groups in total. The van der Waals surface area contributed by atoms with Gasteiger partial charge in [-0.25, -0.2) is 0 Å². The van der Waals surface area contributed by atoms with E-state index in [1.54, 1.807) is 0 Å². The van der Waals surface area contributed by atoms with E-state index in [9.17, 15) is 4.79 Å². The predicted molar refractivity (Wildman–Crippen MR) is 183 cm³/mol. The third kappa shape index (κ3) is 22.0.